The largest absolute Gasteiger partial charge is 0.399 e. The Morgan fingerprint density at radius 1 is 1.25 bits per heavy atom. The van der Waals surface area contributed by atoms with Gasteiger partial charge in [-0.3, -0.25) is 0 Å². The summed E-state index contributed by atoms with van der Waals surface area (Å²) in [6.07, 6.45) is 4.67. The summed E-state index contributed by atoms with van der Waals surface area (Å²) in [7, 11) is -3.27. The Labute approximate surface area is 121 Å². The lowest BCUT2D eigenvalue weighted by atomic mass is 9.83. The van der Waals surface area contributed by atoms with Crippen LogP contribution in [0.15, 0.2) is 24.3 Å². The van der Waals surface area contributed by atoms with Crippen LogP contribution in [0, 0.1) is 11.8 Å². The average Bonchev–Trinajstić information content (AvgIpc) is 2.37. The standard InChI is InChI=1S/C15H24N2O2S/c1-12-5-7-13(8-6-12)10-17-20(18,19)11-14-3-2-4-15(16)9-14/h2-4,9,12-13,17H,5-8,10-11,16H2,1H3. The van der Waals surface area contributed by atoms with Gasteiger partial charge in [0.2, 0.25) is 10.0 Å². The minimum absolute atomic E-state index is 0.00115. The van der Waals surface area contributed by atoms with Crippen LogP contribution in [-0.2, 0) is 15.8 Å². The molecule has 0 amide bonds. The first-order valence-corrected chi connectivity index (χ1v) is 8.91. The van der Waals surface area contributed by atoms with Crippen LogP contribution in [0.3, 0.4) is 0 Å². The van der Waals surface area contributed by atoms with Gasteiger partial charge in [0.05, 0.1) is 5.75 Å². The quantitative estimate of drug-likeness (QED) is 0.820. The molecule has 0 spiro atoms. The molecule has 1 fully saturated rings. The maximum Gasteiger partial charge on any atom is 0.215 e. The number of hydrogen-bond donors (Lipinski definition) is 2. The molecule has 112 valence electrons. The number of nitrogens with two attached hydrogens (primary N) is 1. The fourth-order valence-electron chi connectivity index (χ4n) is 2.73. The molecule has 1 aliphatic carbocycles. The van der Waals surface area contributed by atoms with E-state index < -0.39 is 10.0 Å². The van der Waals surface area contributed by atoms with Crippen molar-refractivity contribution in [3.05, 3.63) is 29.8 Å². The molecule has 20 heavy (non-hydrogen) atoms. The number of hydrogen-bond acceptors (Lipinski definition) is 3. The van der Waals surface area contributed by atoms with Gasteiger partial charge in [-0.1, -0.05) is 31.9 Å². The number of rotatable bonds is 5. The Hall–Kier alpha value is -1.07. The summed E-state index contributed by atoms with van der Waals surface area (Å²) in [5.41, 5.74) is 6.99. The number of nitrogen functional groups attached to an aromatic ring is 1. The predicted molar refractivity (Wildman–Crippen MR) is 82.6 cm³/mol. The summed E-state index contributed by atoms with van der Waals surface area (Å²) >= 11 is 0. The number of nitrogens with one attached hydrogen (secondary N) is 1. The Bertz CT molecular complexity index is 535. The number of anilines is 1. The second-order valence-electron chi connectivity index (χ2n) is 5.98. The van der Waals surface area contributed by atoms with Crippen LogP contribution in [0.25, 0.3) is 0 Å². The lowest BCUT2D eigenvalue weighted by molar-refractivity contribution is 0.290. The zero-order chi connectivity index (χ0) is 14.6. The first kappa shape index (κ1) is 15.3. The van der Waals surface area contributed by atoms with Gasteiger partial charge in [-0.25, -0.2) is 13.1 Å². The first-order valence-electron chi connectivity index (χ1n) is 7.26. The van der Waals surface area contributed by atoms with Crippen molar-refractivity contribution < 1.29 is 8.42 Å². The van der Waals surface area contributed by atoms with Gasteiger partial charge >= 0.3 is 0 Å². The highest BCUT2D eigenvalue weighted by atomic mass is 32.2. The SMILES string of the molecule is CC1CCC(CNS(=O)(=O)Cc2cccc(N)c2)CC1. The minimum Gasteiger partial charge on any atom is -0.399 e. The van der Waals surface area contributed by atoms with E-state index in [-0.39, 0.29) is 5.75 Å². The van der Waals surface area contributed by atoms with Gasteiger partial charge in [-0.05, 0) is 42.4 Å². The number of benzene rings is 1. The highest BCUT2D eigenvalue weighted by molar-refractivity contribution is 7.88. The third-order valence-corrected chi connectivity index (χ3v) is 5.35. The summed E-state index contributed by atoms with van der Waals surface area (Å²) in [5, 5.41) is 0. The lowest BCUT2D eigenvalue weighted by Crippen LogP contribution is -2.32. The van der Waals surface area contributed by atoms with Crippen LogP contribution in [-0.4, -0.2) is 15.0 Å². The highest BCUT2D eigenvalue weighted by Gasteiger charge is 2.20. The van der Waals surface area contributed by atoms with E-state index in [1.807, 2.05) is 0 Å². The topological polar surface area (TPSA) is 72.2 Å². The zero-order valence-corrected chi connectivity index (χ0v) is 12.8. The predicted octanol–water partition coefficient (Wildman–Crippen LogP) is 2.51. The molecular weight excluding hydrogens is 272 g/mol. The van der Waals surface area contributed by atoms with Crippen molar-refractivity contribution in [1.82, 2.24) is 4.72 Å². The molecule has 0 unspecified atom stereocenters. The van der Waals surface area contributed by atoms with Crippen molar-refractivity contribution in [2.24, 2.45) is 11.8 Å². The van der Waals surface area contributed by atoms with Crippen LogP contribution in [0.4, 0.5) is 5.69 Å². The molecule has 0 atom stereocenters. The van der Waals surface area contributed by atoms with Gasteiger partial charge in [0.15, 0.2) is 0 Å². The molecule has 0 aliphatic heterocycles. The van der Waals surface area contributed by atoms with Crippen LogP contribution >= 0.6 is 0 Å². The van der Waals surface area contributed by atoms with Gasteiger partial charge in [0.1, 0.15) is 0 Å². The summed E-state index contributed by atoms with van der Waals surface area (Å²) in [4.78, 5) is 0. The molecule has 0 bridgehead atoms. The van der Waals surface area contributed by atoms with Crippen LogP contribution in [0.5, 0.6) is 0 Å². The van der Waals surface area contributed by atoms with Crippen molar-refractivity contribution in [1.29, 1.82) is 0 Å². The Kier molecular flexibility index (Phi) is 5.05. The summed E-state index contributed by atoms with van der Waals surface area (Å²) < 4.78 is 26.9. The van der Waals surface area contributed by atoms with Gasteiger partial charge in [0.25, 0.3) is 0 Å². The van der Waals surface area contributed by atoms with Crippen molar-refractivity contribution >= 4 is 15.7 Å². The van der Waals surface area contributed by atoms with Crippen LogP contribution in [0.1, 0.15) is 38.2 Å². The summed E-state index contributed by atoms with van der Waals surface area (Å²) in [6, 6.07) is 7.04. The fourth-order valence-corrected chi connectivity index (χ4v) is 3.94. The molecule has 0 radical (unpaired) electrons. The van der Waals surface area contributed by atoms with Crippen molar-refractivity contribution in [3.8, 4) is 0 Å². The molecule has 0 heterocycles. The summed E-state index contributed by atoms with van der Waals surface area (Å²) in [6.45, 7) is 2.83. The van der Waals surface area contributed by atoms with E-state index >= 15 is 0 Å². The van der Waals surface area contributed by atoms with Crippen LogP contribution in [0.2, 0.25) is 0 Å². The van der Waals surface area contributed by atoms with E-state index in [0.29, 0.717) is 18.2 Å². The molecule has 3 N–H and O–H groups in total. The second-order valence-corrected chi connectivity index (χ2v) is 7.79. The molecule has 5 heteroatoms. The molecule has 2 rings (SSSR count). The zero-order valence-electron chi connectivity index (χ0n) is 12.0. The second kappa shape index (κ2) is 6.59. The van der Waals surface area contributed by atoms with Gasteiger partial charge < -0.3 is 5.73 Å². The lowest BCUT2D eigenvalue weighted by Gasteiger charge is -2.26. The van der Waals surface area contributed by atoms with Crippen molar-refractivity contribution in [2.45, 2.75) is 38.4 Å². The van der Waals surface area contributed by atoms with E-state index in [2.05, 4.69) is 11.6 Å². The molecule has 1 aliphatic rings. The summed E-state index contributed by atoms with van der Waals surface area (Å²) in [5.74, 6) is 1.28. The average molecular weight is 296 g/mol. The maximum atomic E-state index is 12.1. The smallest absolute Gasteiger partial charge is 0.215 e. The Morgan fingerprint density at radius 3 is 2.60 bits per heavy atom. The van der Waals surface area contributed by atoms with E-state index in [1.54, 1.807) is 24.3 Å². The molecule has 4 nitrogen and oxygen atoms in total. The Morgan fingerprint density at radius 2 is 1.95 bits per heavy atom. The highest BCUT2D eigenvalue weighted by Crippen LogP contribution is 2.27. The molecule has 1 aromatic rings. The molecular formula is C15H24N2O2S. The maximum absolute atomic E-state index is 12.1. The van der Waals surface area contributed by atoms with E-state index in [9.17, 15) is 8.42 Å². The van der Waals surface area contributed by atoms with Gasteiger partial charge in [-0.2, -0.15) is 0 Å². The normalized spacial score (nSPS) is 23.6. The van der Waals surface area contributed by atoms with E-state index in [0.717, 1.165) is 24.3 Å². The van der Waals surface area contributed by atoms with Gasteiger partial charge in [-0.15, -0.1) is 0 Å². The van der Waals surface area contributed by atoms with Crippen LogP contribution < -0.4 is 10.5 Å². The monoisotopic (exact) mass is 296 g/mol. The fraction of sp³-hybridized carbons (Fsp3) is 0.600. The first-order chi connectivity index (χ1) is 9.44. The molecule has 0 aromatic heterocycles. The van der Waals surface area contributed by atoms with Gasteiger partial charge in [0, 0.05) is 12.2 Å². The molecule has 0 saturated heterocycles. The molecule has 1 aromatic carbocycles. The third-order valence-electron chi connectivity index (χ3n) is 4.04. The number of sulfonamides is 1. The molecule has 1 saturated carbocycles. The van der Waals surface area contributed by atoms with E-state index in [1.165, 1.54) is 12.8 Å². The minimum atomic E-state index is -3.27. The van der Waals surface area contributed by atoms with Crippen molar-refractivity contribution in [2.75, 3.05) is 12.3 Å². The van der Waals surface area contributed by atoms with Crippen molar-refractivity contribution in [3.63, 3.8) is 0 Å². The van der Waals surface area contributed by atoms with E-state index in [4.69, 9.17) is 5.73 Å². The third kappa shape index (κ3) is 4.80. The Balaban J connectivity index is 1.85.